The van der Waals surface area contributed by atoms with Crippen LogP contribution in [0.5, 0.6) is 0 Å². The minimum atomic E-state index is -1.15. The molecule has 1 spiro atoms. The number of aliphatic hydroxyl groups is 1. The normalized spacial score (nSPS) is 25.5. The molecule has 3 amide bonds. The lowest BCUT2D eigenvalue weighted by atomic mass is 9.70. The van der Waals surface area contributed by atoms with Gasteiger partial charge in [-0.3, -0.25) is 19.2 Å². The van der Waals surface area contributed by atoms with E-state index in [-0.39, 0.29) is 37.4 Å². The van der Waals surface area contributed by atoms with Crippen molar-refractivity contribution in [1.82, 2.24) is 10.2 Å². The third-order valence-corrected chi connectivity index (χ3v) is 9.38. The van der Waals surface area contributed by atoms with Crippen LogP contribution < -0.4 is 10.2 Å². The number of anilines is 1. The Morgan fingerprint density at radius 2 is 1.89 bits per heavy atom. The zero-order valence-corrected chi connectivity index (χ0v) is 27.0. The molecule has 0 aliphatic carbocycles. The average molecular weight is 624 g/mol. The van der Waals surface area contributed by atoms with Gasteiger partial charge in [0.2, 0.25) is 11.8 Å². The van der Waals surface area contributed by atoms with Gasteiger partial charge in [0.1, 0.15) is 17.7 Å². The summed E-state index contributed by atoms with van der Waals surface area (Å²) in [5.41, 5.74) is 1.50. The summed E-state index contributed by atoms with van der Waals surface area (Å²) in [6.45, 7) is 14.0. The molecule has 2 bridgehead atoms. The maximum absolute atomic E-state index is 14.7. The smallest absolute Gasteiger partial charge is 0.312 e. The van der Waals surface area contributed by atoms with E-state index < -0.39 is 41.7 Å². The van der Waals surface area contributed by atoms with E-state index in [1.807, 2.05) is 32.0 Å². The number of unbranched alkanes of at least 4 members (excludes halogenated alkanes) is 3. The number of hydrogen-bond acceptors (Lipinski definition) is 7. The van der Waals surface area contributed by atoms with Crippen molar-refractivity contribution in [3.8, 4) is 0 Å². The Kier molecular flexibility index (Phi) is 11.6. The van der Waals surface area contributed by atoms with Crippen LogP contribution in [0, 0.1) is 25.7 Å². The molecule has 3 saturated heterocycles. The van der Waals surface area contributed by atoms with Crippen LogP contribution in [0.1, 0.15) is 69.4 Å². The number of amides is 3. The molecule has 45 heavy (non-hydrogen) atoms. The molecular weight excluding hydrogens is 574 g/mol. The second-order valence-corrected chi connectivity index (χ2v) is 12.6. The summed E-state index contributed by atoms with van der Waals surface area (Å²) in [4.78, 5) is 58.1. The second-order valence-electron chi connectivity index (χ2n) is 12.6. The van der Waals surface area contributed by atoms with E-state index in [0.29, 0.717) is 45.1 Å². The summed E-state index contributed by atoms with van der Waals surface area (Å²) in [6, 6.07) is 4.95. The van der Waals surface area contributed by atoms with E-state index in [9.17, 15) is 24.3 Å². The lowest BCUT2D eigenvalue weighted by molar-refractivity contribution is -0.159. The van der Waals surface area contributed by atoms with Crippen molar-refractivity contribution in [3.05, 3.63) is 54.6 Å². The van der Waals surface area contributed by atoms with Crippen LogP contribution >= 0.6 is 0 Å². The molecule has 1 aromatic rings. The molecule has 6 atom stereocenters. The highest BCUT2D eigenvalue weighted by Crippen LogP contribution is 2.59. The first-order chi connectivity index (χ1) is 21.6. The Hall–Kier alpha value is -3.50. The van der Waals surface area contributed by atoms with Gasteiger partial charge >= 0.3 is 5.97 Å². The van der Waals surface area contributed by atoms with Gasteiger partial charge in [-0.15, -0.1) is 13.2 Å². The predicted octanol–water partition coefficient (Wildman–Crippen LogP) is 3.76. The molecule has 246 valence electrons. The van der Waals surface area contributed by atoms with E-state index in [2.05, 4.69) is 18.5 Å². The number of allylic oxidation sites excluding steroid dienone is 1. The van der Waals surface area contributed by atoms with Gasteiger partial charge in [-0.25, -0.2) is 0 Å². The zero-order valence-electron chi connectivity index (χ0n) is 27.0. The summed E-state index contributed by atoms with van der Waals surface area (Å²) < 4.78 is 12.4. The van der Waals surface area contributed by atoms with Crippen molar-refractivity contribution in [2.24, 2.45) is 11.8 Å². The van der Waals surface area contributed by atoms with Crippen molar-refractivity contribution < 1.29 is 33.8 Å². The number of esters is 1. The summed E-state index contributed by atoms with van der Waals surface area (Å²) in [6.07, 6.45) is 7.03. The quantitative estimate of drug-likeness (QED) is 0.154. The minimum Gasteiger partial charge on any atom is -0.460 e. The summed E-state index contributed by atoms with van der Waals surface area (Å²) in [5.74, 6) is -2.88. The largest absolute Gasteiger partial charge is 0.460 e. The van der Waals surface area contributed by atoms with E-state index >= 15 is 0 Å². The van der Waals surface area contributed by atoms with Gasteiger partial charge in [-0.1, -0.05) is 43.2 Å². The molecule has 10 heteroatoms. The number of aryl methyl sites for hydroxylation is 2. The van der Waals surface area contributed by atoms with Gasteiger partial charge in [-0.05, 0) is 64.0 Å². The fourth-order valence-corrected chi connectivity index (χ4v) is 7.39. The number of hydrogen-bond donors (Lipinski definition) is 2. The predicted molar refractivity (Wildman–Crippen MR) is 171 cm³/mol. The fourth-order valence-electron chi connectivity index (χ4n) is 7.39. The molecule has 0 aromatic heterocycles. The fraction of sp³-hybridized carbons (Fsp3) is 0.600. The third kappa shape index (κ3) is 7.02. The van der Waals surface area contributed by atoms with Gasteiger partial charge in [0.25, 0.3) is 5.91 Å². The number of aliphatic hydroxyl groups excluding tert-OH is 1. The topological polar surface area (TPSA) is 125 Å². The van der Waals surface area contributed by atoms with Crippen molar-refractivity contribution in [3.63, 3.8) is 0 Å². The number of carbonyl (C=O) groups excluding carboxylic acids is 4. The zero-order chi connectivity index (χ0) is 32.7. The van der Waals surface area contributed by atoms with Crippen molar-refractivity contribution in [2.75, 3.05) is 31.1 Å². The van der Waals surface area contributed by atoms with Gasteiger partial charge in [0, 0.05) is 31.8 Å². The molecule has 1 aromatic carbocycles. The van der Waals surface area contributed by atoms with Gasteiger partial charge in [0.05, 0.1) is 24.5 Å². The number of para-hydroxylation sites is 1. The van der Waals surface area contributed by atoms with Crippen LogP contribution in [0.4, 0.5) is 5.69 Å². The molecule has 3 aliphatic heterocycles. The molecule has 2 N–H and O–H groups in total. The Labute approximate surface area is 266 Å². The maximum Gasteiger partial charge on any atom is 0.312 e. The highest BCUT2D eigenvalue weighted by molar-refractivity contribution is 6.05. The van der Waals surface area contributed by atoms with Crippen LogP contribution in [0.25, 0.3) is 0 Å². The van der Waals surface area contributed by atoms with E-state index in [1.165, 1.54) is 0 Å². The number of carbonyl (C=O) groups is 4. The number of nitrogens with one attached hydrogen (secondary N) is 1. The number of fused-ring (bicyclic) bond motifs is 1. The molecule has 0 radical (unpaired) electrons. The minimum absolute atomic E-state index is 0.108. The molecule has 0 saturated carbocycles. The molecular formula is C35H49N3O7. The van der Waals surface area contributed by atoms with Crippen molar-refractivity contribution in [2.45, 2.75) is 96.0 Å². The number of nitrogens with zero attached hydrogens (tertiary/aromatic N) is 2. The Morgan fingerprint density at radius 3 is 2.56 bits per heavy atom. The monoisotopic (exact) mass is 623 g/mol. The standard InChI is InChI=1S/C35H49N3O7/c1-6-8-16-27(40)36-22-25(5)44-34(43)28-26-17-18-35(45-26)29(28)32(41)38(20-11-9-10-12-21-39)31(35)33(42)37(19-7-2)30-23(3)14-13-15-24(30)4/h6-7,13-15,25-26,28-29,31,39H,1-2,8-12,16-22H2,3-5H3,(H,36,40)/t25-,26+,28-,29-,31+,35-/m1/s1. The van der Waals surface area contributed by atoms with Crippen LogP contribution in [0.3, 0.4) is 0 Å². The molecule has 3 aliphatic rings. The number of rotatable bonds is 17. The first kappa shape index (κ1) is 34.4. The number of benzene rings is 1. The summed E-state index contributed by atoms with van der Waals surface area (Å²) >= 11 is 0. The van der Waals surface area contributed by atoms with E-state index in [4.69, 9.17) is 9.47 Å². The van der Waals surface area contributed by atoms with Crippen molar-refractivity contribution >= 4 is 29.4 Å². The van der Waals surface area contributed by atoms with Crippen LogP contribution in [-0.2, 0) is 28.7 Å². The molecule has 10 nitrogen and oxygen atoms in total. The highest BCUT2D eigenvalue weighted by atomic mass is 16.6. The summed E-state index contributed by atoms with van der Waals surface area (Å²) in [5, 5.41) is 12.0. The van der Waals surface area contributed by atoms with E-state index in [0.717, 1.165) is 29.7 Å². The number of likely N-dealkylation sites (tertiary alicyclic amines) is 1. The van der Waals surface area contributed by atoms with Crippen LogP contribution in [0.15, 0.2) is 43.5 Å². The maximum atomic E-state index is 14.7. The van der Waals surface area contributed by atoms with Crippen LogP contribution in [0.2, 0.25) is 0 Å². The Balaban J connectivity index is 1.62. The SMILES string of the molecule is C=CCCC(=O)NC[C@@H](C)OC(=O)[C@@H]1[C@@H]2CC[C@]3(O2)[C@H](C(=O)N(CC=C)c2c(C)cccc2C)N(CCCCCCO)C(=O)[C@@H]13. The van der Waals surface area contributed by atoms with Gasteiger partial charge < -0.3 is 29.7 Å². The first-order valence-electron chi connectivity index (χ1n) is 16.3. The van der Waals surface area contributed by atoms with Crippen LogP contribution in [-0.4, -0.2) is 83.8 Å². The van der Waals surface area contributed by atoms with Gasteiger partial charge in [-0.2, -0.15) is 0 Å². The average Bonchev–Trinajstić information content (AvgIpc) is 3.65. The van der Waals surface area contributed by atoms with E-state index in [1.54, 1.807) is 28.9 Å². The molecule has 4 rings (SSSR count). The second kappa shape index (κ2) is 15.2. The molecule has 3 fully saturated rings. The Bertz CT molecular complexity index is 1260. The lowest BCUT2D eigenvalue weighted by Gasteiger charge is -2.37. The summed E-state index contributed by atoms with van der Waals surface area (Å²) in [7, 11) is 0. The Morgan fingerprint density at radius 1 is 1.18 bits per heavy atom. The van der Waals surface area contributed by atoms with Crippen molar-refractivity contribution in [1.29, 1.82) is 0 Å². The third-order valence-electron chi connectivity index (χ3n) is 9.38. The van der Waals surface area contributed by atoms with Gasteiger partial charge in [0.15, 0.2) is 0 Å². The molecule has 0 unspecified atom stereocenters. The first-order valence-corrected chi connectivity index (χ1v) is 16.3. The molecule has 3 heterocycles. The number of ether oxygens (including phenoxy) is 2. The lowest BCUT2D eigenvalue weighted by Crippen LogP contribution is -2.56. The highest BCUT2D eigenvalue weighted by Gasteiger charge is 2.75.